The molecular formula is C18H20NO2+. The second-order valence-corrected chi connectivity index (χ2v) is 6.63. The van der Waals surface area contributed by atoms with Gasteiger partial charge in [0.1, 0.15) is 24.1 Å². The normalized spacial score (nSPS) is 26.6. The standard InChI is InChI=1S/C18H19NO2/c1-19-8-7-12-5-6-14(20)10-15(12)17(19)9-13-3-2-4-18(21)16(13)11-19/h2-6,10,17H,7-9,11H2,1H3,(H-,20,21)/p+1. The number of nitrogens with zero attached hydrogens (tertiary/aromatic N) is 1. The monoisotopic (exact) mass is 282 g/mol. The van der Waals surface area contributed by atoms with Gasteiger partial charge in [-0.1, -0.05) is 18.2 Å². The van der Waals surface area contributed by atoms with Crippen molar-refractivity contribution < 1.29 is 14.7 Å². The van der Waals surface area contributed by atoms with Crippen LogP contribution in [-0.4, -0.2) is 28.3 Å². The Morgan fingerprint density at radius 3 is 2.81 bits per heavy atom. The second-order valence-electron chi connectivity index (χ2n) is 6.63. The van der Waals surface area contributed by atoms with Crippen LogP contribution in [0.5, 0.6) is 11.5 Å². The average Bonchev–Trinajstić information content (AvgIpc) is 2.46. The molecule has 2 aromatic rings. The summed E-state index contributed by atoms with van der Waals surface area (Å²) in [5.41, 5.74) is 4.97. The number of quaternary nitrogens is 1. The highest BCUT2D eigenvalue weighted by Crippen LogP contribution is 2.45. The van der Waals surface area contributed by atoms with Crippen molar-refractivity contribution in [1.82, 2.24) is 0 Å². The predicted octanol–water partition coefficient (Wildman–Crippen LogP) is 2.90. The number of hydrogen-bond donors (Lipinski definition) is 2. The predicted molar refractivity (Wildman–Crippen MR) is 81.1 cm³/mol. The number of likely N-dealkylation sites (N-methyl/N-ethyl adjacent to an activating group) is 1. The zero-order valence-electron chi connectivity index (χ0n) is 12.2. The molecule has 0 saturated heterocycles. The molecule has 2 atom stereocenters. The molecular weight excluding hydrogens is 262 g/mol. The van der Waals surface area contributed by atoms with Crippen molar-refractivity contribution in [3.8, 4) is 11.5 Å². The van der Waals surface area contributed by atoms with E-state index in [0.29, 0.717) is 17.5 Å². The molecule has 0 aliphatic carbocycles. The molecule has 2 unspecified atom stereocenters. The first kappa shape index (κ1) is 12.7. The van der Waals surface area contributed by atoms with Crippen LogP contribution in [0.3, 0.4) is 0 Å². The van der Waals surface area contributed by atoms with Crippen LogP contribution in [0.1, 0.15) is 28.3 Å². The van der Waals surface area contributed by atoms with Gasteiger partial charge in [-0.15, -0.1) is 0 Å². The Morgan fingerprint density at radius 2 is 1.95 bits per heavy atom. The van der Waals surface area contributed by atoms with E-state index in [-0.39, 0.29) is 0 Å². The van der Waals surface area contributed by atoms with Crippen LogP contribution in [0, 0.1) is 0 Å². The van der Waals surface area contributed by atoms with Crippen LogP contribution >= 0.6 is 0 Å². The van der Waals surface area contributed by atoms with Gasteiger partial charge in [-0.25, -0.2) is 0 Å². The number of phenolic OH excluding ortho intramolecular Hbond substituents is 2. The summed E-state index contributed by atoms with van der Waals surface area (Å²) in [4.78, 5) is 0. The van der Waals surface area contributed by atoms with Gasteiger partial charge in [-0.3, -0.25) is 0 Å². The summed E-state index contributed by atoms with van der Waals surface area (Å²) in [5.74, 6) is 0.774. The largest absolute Gasteiger partial charge is 0.508 e. The Kier molecular flexibility index (Phi) is 2.57. The summed E-state index contributed by atoms with van der Waals surface area (Å²) in [6.07, 6.45) is 1.96. The lowest BCUT2D eigenvalue weighted by molar-refractivity contribution is -0.956. The zero-order chi connectivity index (χ0) is 14.6. The summed E-state index contributed by atoms with van der Waals surface area (Å²) in [7, 11) is 2.27. The third kappa shape index (κ3) is 1.84. The van der Waals surface area contributed by atoms with Crippen molar-refractivity contribution in [2.24, 2.45) is 0 Å². The van der Waals surface area contributed by atoms with Gasteiger partial charge in [0.2, 0.25) is 0 Å². The van der Waals surface area contributed by atoms with E-state index in [0.717, 1.165) is 36.0 Å². The molecule has 2 aliphatic rings. The van der Waals surface area contributed by atoms with E-state index in [2.05, 4.69) is 19.2 Å². The fraction of sp³-hybridized carbons (Fsp3) is 0.333. The Balaban J connectivity index is 1.86. The fourth-order valence-electron chi connectivity index (χ4n) is 4.07. The van der Waals surface area contributed by atoms with Crippen molar-refractivity contribution in [1.29, 1.82) is 0 Å². The number of benzene rings is 2. The second kappa shape index (κ2) is 4.25. The fourth-order valence-corrected chi connectivity index (χ4v) is 4.07. The van der Waals surface area contributed by atoms with E-state index >= 15 is 0 Å². The van der Waals surface area contributed by atoms with Gasteiger partial charge in [0.05, 0.1) is 19.2 Å². The molecule has 0 aromatic heterocycles. The van der Waals surface area contributed by atoms with Gasteiger partial charge < -0.3 is 14.7 Å². The van der Waals surface area contributed by atoms with Crippen molar-refractivity contribution in [3.63, 3.8) is 0 Å². The van der Waals surface area contributed by atoms with Crippen molar-refractivity contribution >= 4 is 0 Å². The molecule has 2 aromatic carbocycles. The van der Waals surface area contributed by atoms with Gasteiger partial charge in [-0.05, 0) is 29.3 Å². The minimum absolute atomic E-state index is 0.351. The van der Waals surface area contributed by atoms with E-state index in [9.17, 15) is 10.2 Å². The van der Waals surface area contributed by atoms with E-state index in [1.165, 1.54) is 16.7 Å². The van der Waals surface area contributed by atoms with Crippen LogP contribution in [0.15, 0.2) is 36.4 Å². The highest BCUT2D eigenvalue weighted by molar-refractivity contribution is 5.44. The zero-order valence-corrected chi connectivity index (χ0v) is 12.2. The first-order valence-corrected chi connectivity index (χ1v) is 7.52. The maximum absolute atomic E-state index is 10.2. The summed E-state index contributed by atoms with van der Waals surface area (Å²) < 4.78 is 0.918. The molecule has 108 valence electrons. The number of fused-ring (bicyclic) bond motifs is 4. The first-order valence-electron chi connectivity index (χ1n) is 7.52. The average molecular weight is 282 g/mol. The van der Waals surface area contributed by atoms with Crippen LogP contribution in [0.2, 0.25) is 0 Å². The van der Waals surface area contributed by atoms with E-state index in [1.54, 1.807) is 12.1 Å². The van der Waals surface area contributed by atoms with Crippen LogP contribution in [-0.2, 0) is 19.4 Å². The van der Waals surface area contributed by atoms with E-state index in [1.807, 2.05) is 12.1 Å². The summed E-state index contributed by atoms with van der Waals surface area (Å²) in [5, 5.41) is 20.0. The molecule has 0 spiro atoms. The molecule has 2 aliphatic heterocycles. The van der Waals surface area contributed by atoms with Crippen molar-refractivity contribution in [3.05, 3.63) is 58.7 Å². The van der Waals surface area contributed by atoms with Gasteiger partial charge in [0, 0.05) is 18.4 Å². The topological polar surface area (TPSA) is 40.5 Å². The lowest BCUT2D eigenvalue weighted by Crippen LogP contribution is -2.53. The van der Waals surface area contributed by atoms with Crippen LogP contribution in [0.4, 0.5) is 0 Å². The molecule has 4 rings (SSSR count). The Bertz CT molecular complexity index is 725. The Morgan fingerprint density at radius 1 is 1.10 bits per heavy atom. The summed E-state index contributed by atoms with van der Waals surface area (Å²) >= 11 is 0. The van der Waals surface area contributed by atoms with Gasteiger partial charge in [-0.2, -0.15) is 0 Å². The molecule has 3 nitrogen and oxygen atoms in total. The SMILES string of the molecule is C[N+]12CCc3ccc(O)cc3C1Cc1cccc(O)c1C2. The van der Waals surface area contributed by atoms with Gasteiger partial charge in [0.25, 0.3) is 0 Å². The number of hydrogen-bond acceptors (Lipinski definition) is 2. The number of aromatic hydroxyl groups is 2. The number of phenols is 2. The maximum atomic E-state index is 10.2. The van der Waals surface area contributed by atoms with Crippen LogP contribution < -0.4 is 0 Å². The maximum Gasteiger partial charge on any atom is 0.124 e. The van der Waals surface area contributed by atoms with Crippen LogP contribution in [0.25, 0.3) is 0 Å². The quantitative estimate of drug-likeness (QED) is 0.729. The molecule has 2 N–H and O–H groups in total. The first-order chi connectivity index (χ1) is 10.1. The van der Waals surface area contributed by atoms with Crippen molar-refractivity contribution in [2.75, 3.05) is 13.6 Å². The Hall–Kier alpha value is -2.00. The molecule has 21 heavy (non-hydrogen) atoms. The third-order valence-corrected chi connectivity index (χ3v) is 5.31. The lowest BCUT2D eigenvalue weighted by atomic mass is 9.82. The minimum atomic E-state index is 0.351. The molecule has 0 fully saturated rings. The summed E-state index contributed by atoms with van der Waals surface area (Å²) in [6.45, 7) is 1.94. The smallest absolute Gasteiger partial charge is 0.124 e. The highest BCUT2D eigenvalue weighted by atomic mass is 16.3. The van der Waals surface area contributed by atoms with Gasteiger partial charge in [0.15, 0.2) is 0 Å². The Labute approximate surface area is 124 Å². The lowest BCUT2D eigenvalue weighted by Gasteiger charge is -2.48. The van der Waals surface area contributed by atoms with Gasteiger partial charge >= 0.3 is 0 Å². The number of rotatable bonds is 0. The van der Waals surface area contributed by atoms with E-state index < -0.39 is 0 Å². The summed E-state index contributed by atoms with van der Waals surface area (Å²) in [6, 6.07) is 12.0. The molecule has 0 saturated carbocycles. The molecule has 0 amide bonds. The molecule has 2 heterocycles. The minimum Gasteiger partial charge on any atom is -0.508 e. The molecule has 3 heteroatoms. The van der Waals surface area contributed by atoms with E-state index in [4.69, 9.17) is 0 Å². The molecule has 0 bridgehead atoms. The van der Waals surface area contributed by atoms with Crippen molar-refractivity contribution in [2.45, 2.75) is 25.4 Å². The highest BCUT2D eigenvalue weighted by Gasteiger charge is 2.43. The molecule has 0 radical (unpaired) electrons. The third-order valence-electron chi connectivity index (χ3n) is 5.31.